The fourth-order valence-corrected chi connectivity index (χ4v) is 5.21. The van der Waals surface area contributed by atoms with Gasteiger partial charge in [-0.05, 0) is 79.8 Å². The number of hydrogen-bond donors (Lipinski definition) is 0. The van der Waals surface area contributed by atoms with Crippen molar-refractivity contribution in [3.05, 3.63) is 23.8 Å². The van der Waals surface area contributed by atoms with E-state index in [1.807, 2.05) is 0 Å². The third-order valence-corrected chi connectivity index (χ3v) is 5.30. The topological polar surface area (TPSA) is 0 Å². The van der Waals surface area contributed by atoms with Crippen LogP contribution in [0.5, 0.6) is 0 Å². The Labute approximate surface area is 92.4 Å². The Morgan fingerprint density at radius 2 is 1.60 bits per heavy atom. The molecule has 0 spiro atoms. The molecule has 0 heterocycles. The van der Waals surface area contributed by atoms with Crippen LogP contribution in [0.4, 0.5) is 0 Å². The third kappa shape index (κ3) is 1.14. The lowest BCUT2D eigenvalue weighted by molar-refractivity contribution is -0.0287. The van der Waals surface area contributed by atoms with Gasteiger partial charge in [0.05, 0.1) is 0 Å². The van der Waals surface area contributed by atoms with E-state index in [0.29, 0.717) is 5.41 Å². The van der Waals surface area contributed by atoms with Crippen LogP contribution in [0.2, 0.25) is 0 Å². The molecule has 4 bridgehead atoms. The summed E-state index contributed by atoms with van der Waals surface area (Å²) in [6.07, 6.45) is 18.5. The second-order valence-electron chi connectivity index (χ2n) is 6.39. The van der Waals surface area contributed by atoms with E-state index in [1.165, 1.54) is 19.3 Å². The van der Waals surface area contributed by atoms with Crippen LogP contribution in [0.25, 0.3) is 0 Å². The normalized spacial score (nSPS) is 51.2. The first-order valence-electron chi connectivity index (χ1n) is 6.62. The molecule has 0 saturated heterocycles. The summed E-state index contributed by atoms with van der Waals surface area (Å²) >= 11 is 0. The molecule has 0 amide bonds. The summed E-state index contributed by atoms with van der Waals surface area (Å²) in [6, 6.07) is 0. The Morgan fingerprint density at radius 1 is 1.00 bits per heavy atom. The molecule has 0 heteroatoms. The van der Waals surface area contributed by atoms with E-state index < -0.39 is 0 Å². The van der Waals surface area contributed by atoms with Crippen LogP contribution in [0.3, 0.4) is 0 Å². The van der Waals surface area contributed by atoms with Gasteiger partial charge in [0.25, 0.3) is 0 Å². The molecule has 0 atom stereocenters. The molecule has 5 aliphatic rings. The number of allylic oxidation sites excluding steroid dienone is 4. The van der Waals surface area contributed by atoms with E-state index in [2.05, 4.69) is 18.2 Å². The van der Waals surface area contributed by atoms with Crippen molar-refractivity contribution in [2.24, 2.45) is 23.2 Å². The molecule has 0 aromatic carbocycles. The van der Waals surface area contributed by atoms with Gasteiger partial charge in [0, 0.05) is 0 Å². The molecule has 0 aromatic rings. The van der Waals surface area contributed by atoms with Gasteiger partial charge in [0.2, 0.25) is 0 Å². The smallest absolute Gasteiger partial charge is 0.00362 e. The molecule has 0 nitrogen and oxygen atoms in total. The van der Waals surface area contributed by atoms with E-state index in [0.717, 1.165) is 24.2 Å². The first kappa shape index (κ1) is 8.61. The van der Waals surface area contributed by atoms with Crippen LogP contribution in [0, 0.1) is 29.2 Å². The second-order valence-corrected chi connectivity index (χ2v) is 6.39. The molecule has 0 unspecified atom stereocenters. The lowest BCUT2D eigenvalue weighted by Gasteiger charge is -2.57. The third-order valence-electron chi connectivity index (χ3n) is 5.30. The zero-order valence-electron chi connectivity index (χ0n) is 9.34. The molecular formula is C15H19. The highest BCUT2D eigenvalue weighted by Gasteiger charge is 2.52. The predicted molar refractivity (Wildman–Crippen MR) is 61.1 cm³/mol. The van der Waals surface area contributed by atoms with Crippen molar-refractivity contribution in [3.63, 3.8) is 0 Å². The SMILES string of the molecule is [C]1=C(C23CC4CC(CC(C4)C2)C3)C=CC1. The van der Waals surface area contributed by atoms with Crippen molar-refractivity contribution in [1.29, 1.82) is 0 Å². The van der Waals surface area contributed by atoms with Gasteiger partial charge < -0.3 is 0 Å². The molecule has 79 valence electrons. The minimum Gasteiger partial charge on any atom is -0.0798 e. The zero-order chi connectivity index (χ0) is 9.88. The van der Waals surface area contributed by atoms with Crippen molar-refractivity contribution in [2.45, 2.75) is 44.9 Å². The minimum absolute atomic E-state index is 0.599. The van der Waals surface area contributed by atoms with Crippen LogP contribution in [-0.4, -0.2) is 0 Å². The van der Waals surface area contributed by atoms with E-state index in [4.69, 9.17) is 0 Å². The summed E-state index contributed by atoms with van der Waals surface area (Å²) in [5.41, 5.74) is 2.20. The van der Waals surface area contributed by atoms with Crippen molar-refractivity contribution in [2.75, 3.05) is 0 Å². The number of hydrogen-bond acceptors (Lipinski definition) is 0. The average Bonchev–Trinajstić information content (AvgIpc) is 2.67. The average molecular weight is 199 g/mol. The minimum atomic E-state index is 0.599. The molecule has 0 aliphatic heterocycles. The first-order chi connectivity index (χ1) is 7.34. The highest BCUT2D eigenvalue weighted by Crippen LogP contribution is 2.63. The Bertz CT molecular complexity index is 310. The largest absolute Gasteiger partial charge is 0.0798 e. The van der Waals surface area contributed by atoms with Gasteiger partial charge in [-0.3, -0.25) is 0 Å². The Balaban J connectivity index is 1.74. The molecular weight excluding hydrogens is 180 g/mol. The lowest BCUT2D eigenvalue weighted by Crippen LogP contribution is -2.46. The molecule has 0 aromatic heterocycles. The van der Waals surface area contributed by atoms with Gasteiger partial charge in [-0.15, -0.1) is 0 Å². The predicted octanol–water partition coefficient (Wildman–Crippen LogP) is 3.89. The van der Waals surface area contributed by atoms with Gasteiger partial charge in [-0.1, -0.05) is 12.2 Å². The molecule has 4 fully saturated rings. The lowest BCUT2D eigenvalue weighted by atomic mass is 9.48. The maximum absolute atomic E-state index is 3.62. The zero-order valence-corrected chi connectivity index (χ0v) is 9.34. The quantitative estimate of drug-likeness (QED) is 0.601. The summed E-state index contributed by atoms with van der Waals surface area (Å²) < 4.78 is 0. The van der Waals surface area contributed by atoms with Crippen LogP contribution >= 0.6 is 0 Å². The summed E-state index contributed by atoms with van der Waals surface area (Å²) in [5.74, 6) is 3.21. The second kappa shape index (κ2) is 2.78. The summed E-state index contributed by atoms with van der Waals surface area (Å²) in [6.45, 7) is 0. The van der Waals surface area contributed by atoms with E-state index in [1.54, 1.807) is 24.8 Å². The molecule has 15 heavy (non-hydrogen) atoms. The Hall–Kier alpha value is -0.520. The van der Waals surface area contributed by atoms with Gasteiger partial charge in [-0.2, -0.15) is 0 Å². The van der Waals surface area contributed by atoms with Crippen LogP contribution < -0.4 is 0 Å². The molecule has 4 saturated carbocycles. The van der Waals surface area contributed by atoms with Gasteiger partial charge in [-0.25, -0.2) is 0 Å². The van der Waals surface area contributed by atoms with E-state index >= 15 is 0 Å². The molecule has 5 rings (SSSR count). The highest BCUT2D eigenvalue weighted by atomic mass is 14.6. The fourth-order valence-electron chi connectivity index (χ4n) is 5.21. The van der Waals surface area contributed by atoms with Crippen molar-refractivity contribution in [1.82, 2.24) is 0 Å². The fraction of sp³-hybridized carbons (Fsp3) is 0.733. The van der Waals surface area contributed by atoms with Crippen LogP contribution in [-0.2, 0) is 0 Å². The Morgan fingerprint density at radius 3 is 2.07 bits per heavy atom. The maximum Gasteiger partial charge on any atom is -0.00362 e. The van der Waals surface area contributed by atoms with Crippen molar-refractivity contribution < 1.29 is 0 Å². The number of rotatable bonds is 1. The van der Waals surface area contributed by atoms with Gasteiger partial charge in [0.15, 0.2) is 0 Å². The van der Waals surface area contributed by atoms with E-state index in [9.17, 15) is 0 Å². The van der Waals surface area contributed by atoms with Gasteiger partial charge in [0.1, 0.15) is 0 Å². The van der Waals surface area contributed by atoms with E-state index in [-0.39, 0.29) is 0 Å². The maximum atomic E-state index is 3.62. The summed E-state index contributed by atoms with van der Waals surface area (Å²) in [7, 11) is 0. The Kier molecular flexibility index (Phi) is 1.60. The molecule has 0 N–H and O–H groups in total. The first-order valence-corrected chi connectivity index (χ1v) is 6.62. The summed E-state index contributed by atoms with van der Waals surface area (Å²) in [4.78, 5) is 0. The molecule has 1 radical (unpaired) electrons. The van der Waals surface area contributed by atoms with Crippen molar-refractivity contribution in [3.8, 4) is 0 Å². The van der Waals surface area contributed by atoms with Crippen LogP contribution in [0.1, 0.15) is 44.9 Å². The monoisotopic (exact) mass is 199 g/mol. The van der Waals surface area contributed by atoms with Crippen molar-refractivity contribution >= 4 is 0 Å². The molecule has 5 aliphatic carbocycles. The van der Waals surface area contributed by atoms with Crippen LogP contribution in [0.15, 0.2) is 17.7 Å². The summed E-state index contributed by atoms with van der Waals surface area (Å²) in [5, 5.41) is 0. The van der Waals surface area contributed by atoms with Gasteiger partial charge >= 0.3 is 0 Å². The standard InChI is InChI=1S/C15H19/c1-2-4-14(3-1)15-8-11-5-12(9-15)7-13(6-11)10-15/h1,3,11-13H,2,5-10H2. The highest BCUT2D eigenvalue weighted by molar-refractivity contribution is 5.32.